The summed E-state index contributed by atoms with van der Waals surface area (Å²) in [6, 6.07) is 7.94. The molecule has 1 N–H and O–H groups in total. The van der Waals surface area contributed by atoms with E-state index in [0.717, 1.165) is 12.1 Å². The molecular formula is C16H18N2O7S. The zero-order valence-electron chi connectivity index (χ0n) is 14.4. The fraction of sp³-hybridized carbons (Fsp3) is 0.250. The van der Waals surface area contributed by atoms with E-state index < -0.39 is 25.5 Å². The number of nitro groups is 1. The number of benzene rings is 2. The van der Waals surface area contributed by atoms with E-state index in [4.69, 9.17) is 14.2 Å². The lowest BCUT2D eigenvalue weighted by molar-refractivity contribution is -0.387. The first-order valence-electron chi connectivity index (χ1n) is 7.48. The molecule has 2 aromatic carbocycles. The molecule has 140 valence electrons. The van der Waals surface area contributed by atoms with Gasteiger partial charge in [-0.15, -0.1) is 0 Å². The van der Waals surface area contributed by atoms with E-state index in [1.54, 1.807) is 13.0 Å². The second-order valence-electron chi connectivity index (χ2n) is 4.99. The van der Waals surface area contributed by atoms with E-state index in [1.807, 2.05) is 0 Å². The highest BCUT2D eigenvalue weighted by atomic mass is 32.2. The first-order chi connectivity index (χ1) is 12.3. The maximum absolute atomic E-state index is 12.6. The first kappa shape index (κ1) is 19.3. The van der Waals surface area contributed by atoms with E-state index in [0.29, 0.717) is 18.1 Å². The highest BCUT2D eigenvalue weighted by molar-refractivity contribution is 7.92. The predicted octanol–water partition coefficient (Wildman–Crippen LogP) is 2.81. The van der Waals surface area contributed by atoms with Gasteiger partial charge in [-0.3, -0.25) is 14.8 Å². The molecular weight excluding hydrogens is 364 g/mol. The van der Waals surface area contributed by atoms with Crippen molar-refractivity contribution < 1.29 is 27.6 Å². The molecule has 0 saturated carbocycles. The second kappa shape index (κ2) is 7.91. The number of hydrogen-bond acceptors (Lipinski definition) is 7. The molecule has 0 unspecified atom stereocenters. The third-order valence-electron chi connectivity index (χ3n) is 3.37. The SMILES string of the molecule is CCOc1ccc(NS(=O)(=O)c2ccc(OC)cc2[N+](=O)[O-])cc1OC. The standard InChI is InChI=1S/C16H18N2O7S/c1-4-25-14-7-5-11(9-15(14)24-3)17-26(21,22)16-8-6-12(23-2)10-13(16)18(19)20/h5-10,17H,4H2,1-3H3. The summed E-state index contributed by atoms with van der Waals surface area (Å²) < 4.78 is 43.0. The molecule has 0 amide bonds. The Morgan fingerprint density at radius 3 is 2.38 bits per heavy atom. The Morgan fingerprint density at radius 2 is 1.81 bits per heavy atom. The van der Waals surface area contributed by atoms with Gasteiger partial charge in [-0.1, -0.05) is 0 Å². The molecule has 0 aliphatic heterocycles. The summed E-state index contributed by atoms with van der Waals surface area (Å²) in [4.78, 5) is 9.97. The fourth-order valence-corrected chi connectivity index (χ4v) is 3.41. The van der Waals surface area contributed by atoms with Crippen molar-refractivity contribution in [3.05, 3.63) is 46.5 Å². The van der Waals surface area contributed by atoms with Crippen molar-refractivity contribution >= 4 is 21.4 Å². The minimum atomic E-state index is -4.21. The van der Waals surface area contributed by atoms with Crippen LogP contribution in [-0.2, 0) is 10.0 Å². The molecule has 0 heterocycles. The molecule has 0 spiro atoms. The molecule has 26 heavy (non-hydrogen) atoms. The number of nitrogens with zero attached hydrogens (tertiary/aromatic N) is 1. The van der Waals surface area contributed by atoms with Crippen LogP contribution < -0.4 is 18.9 Å². The van der Waals surface area contributed by atoms with Crippen LogP contribution >= 0.6 is 0 Å². The van der Waals surface area contributed by atoms with Crippen LogP contribution in [-0.4, -0.2) is 34.2 Å². The van der Waals surface area contributed by atoms with Crippen LogP contribution in [0.4, 0.5) is 11.4 Å². The van der Waals surface area contributed by atoms with E-state index in [9.17, 15) is 18.5 Å². The van der Waals surface area contributed by atoms with Gasteiger partial charge in [0.25, 0.3) is 15.7 Å². The summed E-state index contributed by atoms with van der Waals surface area (Å²) in [5, 5.41) is 11.2. The molecule has 0 aliphatic rings. The molecule has 0 aliphatic carbocycles. The van der Waals surface area contributed by atoms with Gasteiger partial charge >= 0.3 is 0 Å². The molecule has 9 nitrogen and oxygen atoms in total. The topological polar surface area (TPSA) is 117 Å². The van der Waals surface area contributed by atoms with Crippen LogP contribution in [0.3, 0.4) is 0 Å². The Balaban J connectivity index is 2.42. The van der Waals surface area contributed by atoms with Gasteiger partial charge in [-0.05, 0) is 31.2 Å². The Labute approximate surface area is 150 Å². The summed E-state index contributed by atoms with van der Waals surface area (Å²) >= 11 is 0. The van der Waals surface area contributed by atoms with Gasteiger partial charge in [0.2, 0.25) is 0 Å². The van der Waals surface area contributed by atoms with Crippen LogP contribution in [0.1, 0.15) is 6.92 Å². The Bertz CT molecular complexity index is 913. The Kier molecular flexibility index (Phi) is 5.88. The molecule has 0 fully saturated rings. The van der Waals surface area contributed by atoms with Gasteiger partial charge in [-0.2, -0.15) is 0 Å². The van der Waals surface area contributed by atoms with Crippen LogP contribution in [0.15, 0.2) is 41.3 Å². The van der Waals surface area contributed by atoms with Crippen molar-refractivity contribution in [1.82, 2.24) is 0 Å². The van der Waals surface area contributed by atoms with Crippen molar-refractivity contribution in [2.75, 3.05) is 25.5 Å². The molecule has 10 heteroatoms. The summed E-state index contributed by atoms with van der Waals surface area (Å²) in [7, 11) is -1.46. The molecule has 0 radical (unpaired) electrons. The number of hydrogen-bond donors (Lipinski definition) is 1. The lowest BCUT2D eigenvalue weighted by atomic mass is 10.3. The zero-order valence-corrected chi connectivity index (χ0v) is 15.2. The maximum Gasteiger partial charge on any atom is 0.293 e. The largest absolute Gasteiger partial charge is 0.497 e. The highest BCUT2D eigenvalue weighted by Gasteiger charge is 2.27. The number of nitrogens with one attached hydrogen (secondary N) is 1. The number of ether oxygens (including phenoxy) is 3. The van der Waals surface area contributed by atoms with E-state index >= 15 is 0 Å². The van der Waals surface area contributed by atoms with Crippen molar-refractivity contribution in [2.45, 2.75) is 11.8 Å². The first-order valence-corrected chi connectivity index (χ1v) is 8.96. The predicted molar refractivity (Wildman–Crippen MR) is 94.6 cm³/mol. The average Bonchev–Trinajstić information content (AvgIpc) is 2.62. The van der Waals surface area contributed by atoms with Gasteiger partial charge in [-0.25, -0.2) is 8.42 Å². The molecule has 0 saturated heterocycles. The summed E-state index contributed by atoms with van der Waals surface area (Å²) in [5.41, 5.74) is -0.412. The minimum Gasteiger partial charge on any atom is -0.497 e. The normalized spacial score (nSPS) is 10.9. The van der Waals surface area contributed by atoms with Crippen LogP contribution in [0, 0.1) is 10.1 Å². The van der Waals surface area contributed by atoms with Gasteiger partial charge in [0.15, 0.2) is 16.4 Å². The number of rotatable bonds is 8. The van der Waals surface area contributed by atoms with E-state index in [-0.39, 0.29) is 11.4 Å². The van der Waals surface area contributed by atoms with Gasteiger partial charge in [0.1, 0.15) is 5.75 Å². The van der Waals surface area contributed by atoms with Crippen molar-refractivity contribution in [3.8, 4) is 17.2 Å². The number of nitro benzene ring substituents is 1. The quantitative estimate of drug-likeness (QED) is 0.551. The molecule has 2 aromatic rings. The van der Waals surface area contributed by atoms with Crippen molar-refractivity contribution in [3.63, 3.8) is 0 Å². The van der Waals surface area contributed by atoms with Crippen LogP contribution in [0.5, 0.6) is 17.2 Å². The van der Waals surface area contributed by atoms with Gasteiger partial charge < -0.3 is 14.2 Å². The summed E-state index contributed by atoms with van der Waals surface area (Å²) in [6.07, 6.45) is 0. The summed E-state index contributed by atoms with van der Waals surface area (Å²) in [6.45, 7) is 2.22. The molecule has 2 rings (SSSR count). The Morgan fingerprint density at radius 1 is 1.08 bits per heavy atom. The lowest BCUT2D eigenvalue weighted by Crippen LogP contribution is -2.15. The number of anilines is 1. The Hall–Kier alpha value is -3.01. The fourth-order valence-electron chi connectivity index (χ4n) is 2.21. The average molecular weight is 382 g/mol. The van der Waals surface area contributed by atoms with Crippen LogP contribution in [0.2, 0.25) is 0 Å². The third kappa shape index (κ3) is 4.14. The number of sulfonamides is 1. The van der Waals surface area contributed by atoms with E-state index in [2.05, 4.69) is 4.72 Å². The van der Waals surface area contributed by atoms with E-state index in [1.165, 1.54) is 32.4 Å². The molecule has 0 aromatic heterocycles. The molecule has 0 bridgehead atoms. The monoisotopic (exact) mass is 382 g/mol. The van der Waals surface area contributed by atoms with Crippen LogP contribution in [0.25, 0.3) is 0 Å². The smallest absolute Gasteiger partial charge is 0.293 e. The third-order valence-corrected chi connectivity index (χ3v) is 4.80. The summed E-state index contributed by atoms with van der Waals surface area (Å²) in [5.74, 6) is 0.961. The molecule has 0 atom stereocenters. The highest BCUT2D eigenvalue weighted by Crippen LogP contribution is 2.33. The van der Waals surface area contributed by atoms with Crippen molar-refractivity contribution in [1.29, 1.82) is 0 Å². The maximum atomic E-state index is 12.6. The van der Waals surface area contributed by atoms with Gasteiger partial charge in [0, 0.05) is 6.07 Å². The second-order valence-corrected chi connectivity index (χ2v) is 6.65. The lowest BCUT2D eigenvalue weighted by Gasteiger charge is -2.13. The van der Waals surface area contributed by atoms with Crippen molar-refractivity contribution in [2.24, 2.45) is 0 Å². The zero-order chi connectivity index (χ0) is 19.3. The minimum absolute atomic E-state index is 0.176. The number of methoxy groups -OCH3 is 2. The van der Waals surface area contributed by atoms with Gasteiger partial charge in [0.05, 0.1) is 37.5 Å².